The average molecular weight is 320 g/mol. The summed E-state index contributed by atoms with van der Waals surface area (Å²) in [5.74, 6) is 0.124. The number of rotatable bonds is 7. The molecule has 6 nitrogen and oxygen atoms in total. The molecule has 1 aliphatic heterocycles. The van der Waals surface area contributed by atoms with Gasteiger partial charge in [0.25, 0.3) is 0 Å². The van der Waals surface area contributed by atoms with Crippen molar-refractivity contribution < 1.29 is 19.1 Å². The Bertz CT molecular complexity index is 561. The van der Waals surface area contributed by atoms with Gasteiger partial charge in [0.05, 0.1) is 30.9 Å². The lowest BCUT2D eigenvalue weighted by molar-refractivity contribution is -0.130. The molecule has 6 heteroatoms. The lowest BCUT2D eigenvalue weighted by Crippen LogP contribution is -2.38. The van der Waals surface area contributed by atoms with Gasteiger partial charge in [-0.25, -0.2) is 0 Å². The molecule has 1 aromatic rings. The maximum atomic E-state index is 12.5. The van der Waals surface area contributed by atoms with Crippen molar-refractivity contribution in [1.82, 2.24) is 4.90 Å². The number of likely N-dealkylation sites (tertiary alicyclic amines) is 1. The molecule has 2 rings (SSSR count). The molecule has 0 bridgehead atoms. The molecule has 126 valence electrons. The van der Waals surface area contributed by atoms with Gasteiger partial charge in [-0.2, -0.15) is 0 Å². The second-order valence-corrected chi connectivity index (χ2v) is 5.67. The number of ether oxygens (including phenoxy) is 2. The Morgan fingerprint density at radius 2 is 2.17 bits per heavy atom. The first-order valence-electron chi connectivity index (χ1n) is 7.87. The van der Waals surface area contributed by atoms with E-state index in [1.54, 1.807) is 18.1 Å². The summed E-state index contributed by atoms with van der Waals surface area (Å²) in [5.41, 5.74) is 0.634. The van der Waals surface area contributed by atoms with Crippen LogP contribution >= 0.6 is 0 Å². The van der Waals surface area contributed by atoms with Crippen molar-refractivity contribution in [2.75, 3.05) is 32.2 Å². The van der Waals surface area contributed by atoms with Crippen LogP contribution in [0.15, 0.2) is 24.3 Å². The number of anilines is 1. The van der Waals surface area contributed by atoms with Gasteiger partial charge in [-0.1, -0.05) is 12.1 Å². The number of para-hydroxylation sites is 2. The number of carbonyl (C=O) groups excluding carboxylic acids is 2. The quantitative estimate of drug-likeness (QED) is 0.833. The third-order valence-electron chi connectivity index (χ3n) is 3.91. The van der Waals surface area contributed by atoms with Crippen LogP contribution in [0.4, 0.5) is 5.69 Å². The van der Waals surface area contributed by atoms with Crippen LogP contribution in [-0.4, -0.2) is 49.6 Å². The molecule has 0 aliphatic carbocycles. The van der Waals surface area contributed by atoms with Crippen molar-refractivity contribution in [3.05, 3.63) is 24.3 Å². The van der Waals surface area contributed by atoms with Crippen LogP contribution in [0.5, 0.6) is 5.75 Å². The summed E-state index contributed by atoms with van der Waals surface area (Å²) in [6.07, 6.45) is 0.233. The topological polar surface area (TPSA) is 67.9 Å². The fourth-order valence-corrected chi connectivity index (χ4v) is 2.75. The van der Waals surface area contributed by atoms with E-state index in [2.05, 4.69) is 5.32 Å². The molecule has 0 unspecified atom stereocenters. The molecule has 0 radical (unpaired) electrons. The summed E-state index contributed by atoms with van der Waals surface area (Å²) in [7, 11) is 1.60. The number of carbonyl (C=O) groups is 2. The predicted molar refractivity (Wildman–Crippen MR) is 87.4 cm³/mol. The monoisotopic (exact) mass is 320 g/mol. The zero-order chi connectivity index (χ0) is 16.8. The first-order chi connectivity index (χ1) is 11.1. The minimum absolute atomic E-state index is 0.00667. The van der Waals surface area contributed by atoms with E-state index in [1.165, 1.54) is 0 Å². The molecular weight excluding hydrogens is 296 g/mol. The molecule has 1 aliphatic rings. The minimum Gasteiger partial charge on any atom is -0.492 e. The SMILES string of the molecule is CCOc1ccccc1NC(=O)[C@@H]1CC(=O)N([C@H](C)COC)C1. The Morgan fingerprint density at radius 1 is 1.43 bits per heavy atom. The molecule has 23 heavy (non-hydrogen) atoms. The zero-order valence-electron chi connectivity index (χ0n) is 13.9. The first-order valence-corrected chi connectivity index (χ1v) is 7.87. The van der Waals surface area contributed by atoms with Gasteiger partial charge < -0.3 is 19.7 Å². The highest BCUT2D eigenvalue weighted by atomic mass is 16.5. The highest BCUT2D eigenvalue weighted by molar-refractivity contribution is 5.98. The smallest absolute Gasteiger partial charge is 0.229 e. The molecule has 0 spiro atoms. The Morgan fingerprint density at radius 3 is 2.87 bits per heavy atom. The van der Waals surface area contributed by atoms with Crippen LogP contribution in [0.1, 0.15) is 20.3 Å². The van der Waals surface area contributed by atoms with Crippen LogP contribution in [-0.2, 0) is 14.3 Å². The van der Waals surface area contributed by atoms with Gasteiger partial charge in [0, 0.05) is 20.1 Å². The lowest BCUT2D eigenvalue weighted by atomic mass is 10.1. The summed E-state index contributed by atoms with van der Waals surface area (Å²) in [4.78, 5) is 26.3. The summed E-state index contributed by atoms with van der Waals surface area (Å²) in [5, 5.41) is 2.88. The second-order valence-electron chi connectivity index (χ2n) is 5.67. The van der Waals surface area contributed by atoms with Gasteiger partial charge in [0.15, 0.2) is 0 Å². The molecular formula is C17H24N2O4. The van der Waals surface area contributed by atoms with Gasteiger partial charge in [-0.05, 0) is 26.0 Å². The molecule has 2 amide bonds. The van der Waals surface area contributed by atoms with E-state index in [9.17, 15) is 9.59 Å². The number of hydrogen-bond donors (Lipinski definition) is 1. The molecule has 1 fully saturated rings. The molecule has 2 atom stereocenters. The maximum Gasteiger partial charge on any atom is 0.229 e. The van der Waals surface area contributed by atoms with Gasteiger partial charge >= 0.3 is 0 Å². The Hall–Kier alpha value is -2.08. The van der Waals surface area contributed by atoms with E-state index in [0.717, 1.165) is 0 Å². The zero-order valence-corrected chi connectivity index (χ0v) is 13.9. The molecule has 0 aromatic heterocycles. The second kappa shape index (κ2) is 7.97. The largest absolute Gasteiger partial charge is 0.492 e. The fraction of sp³-hybridized carbons (Fsp3) is 0.529. The fourth-order valence-electron chi connectivity index (χ4n) is 2.75. The molecule has 1 saturated heterocycles. The van der Waals surface area contributed by atoms with Gasteiger partial charge in [-0.15, -0.1) is 0 Å². The number of nitrogens with zero attached hydrogens (tertiary/aromatic N) is 1. The van der Waals surface area contributed by atoms with Crippen molar-refractivity contribution in [2.45, 2.75) is 26.3 Å². The van der Waals surface area contributed by atoms with E-state index in [-0.39, 0.29) is 30.2 Å². The number of hydrogen-bond acceptors (Lipinski definition) is 4. The van der Waals surface area contributed by atoms with Crippen LogP contribution in [0.25, 0.3) is 0 Å². The number of methoxy groups -OCH3 is 1. The molecule has 1 heterocycles. The van der Waals surface area contributed by atoms with E-state index in [0.29, 0.717) is 31.2 Å². The van der Waals surface area contributed by atoms with Gasteiger partial charge in [0.1, 0.15) is 5.75 Å². The van der Waals surface area contributed by atoms with Crippen LogP contribution < -0.4 is 10.1 Å². The number of nitrogens with one attached hydrogen (secondary N) is 1. The van der Waals surface area contributed by atoms with E-state index in [4.69, 9.17) is 9.47 Å². The van der Waals surface area contributed by atoms with E-state index >= 15 is 0 Å². The lowest BCUT2D eigenvalue weighted by Gasteiger charge is -2.24. The summed E-state index contributed by atoms with van der Waals surface area (Å²) < 4.78 is 10.6. The Labute approximate surface area is 136 Å². The average Bonchev–Trinajstić information content (AvgIpc) is 2.92. The van der Waals surface area contributed by atoms with Gasteiger partial charge in [0.2, 0.25) is 11.8 Å². The highest BCUT2D eigenvalue weighted by Gasteiger charge is 2.36. The van der Waals surface area contributed by atoms with E-state index < -0.39 is 0 Å². The Kier molecular flexibility index (Phi) is 5.98. The third-order valence-corrected chi connectivity index (χ3v) is 3.91. The normalized spacial score (nSPS) is 18.8. The molecule has 0 saturated carbocycles. The highest BCUT2D eigenvalue weighted by Crippen LogP contribution is 2.26. The first kappa shape index (κ1) is 17.3. The van der Waals surface area contributed by atoms with Gasteiger partial charge in [-0.3, -0.25) is 9.59 Å². The van der Waals surface area contributed by atoms with Crippen molar-refractivity contribution >= 4 is 17.5 Å². The van der Waals surface area contributed by atoms with Crippen LogP contribution in [0.2, 0.25) is 0 Å². The van der Waals surface area contributed by atoms with Crippen LogP contribution in [0, 0.1) is 5.92 Å². The molecule has 1 N–H and O–H groups in total. The van der Waals surface area contributed by atoms with E-state index in [1.807, 2.05) is 32.0 Å². The van der Waals surface area contributed by atoms with Crippen molar-refractivity contribution in [3.63, 3.8) is 0 Å². The predicted octanol–water partition coefficient (Wildman–Crippen LogP) is 1.91. The maximum absolute atomic E-state index is 12.5. The minimum atomic E-state index is -0.350. The van der Waals surface area contributed by atoms with Crippen LogP contribution in [0.3, 0.4) is 0 Å². The standard InChI is InChI=1S/C17H24N2O4/c1-4-23-15-8-6-5-7-14(15)18-17(21)13-9-16(20)19(10-13)12(2)11-22-3/h5-8,12-13H,4,9-11H2,1-3H3,(H,18,21)/t12-,13-/m1/s1. The van der Waals surface area contributed by atoms with Crippen molar-refractivity contribution in [1.29, 1.82) is 0 Å². The number of amides is 2. The Balaban J connectivity index is 2.01. The van der Waals surface area contributed by atoms with Crippen molar-refractivity contribution in [2.24, 2.45) is 5.92 Å². The summed E-state index contributed by atoms with van der Waals surface area (Å²) >= 11 is 0. The molecule has 1 aromatic carbocycles. The number of benzene rings is 1. The summed E-state index contributed by atoms with van der Waals surface area (Å²) in [6.45, 7) is 5.23. The third kappa shape index (κ3) is 4.22. The summed E-state index contributed by atoms with van der Waals surface area (Å²) in [6, 6.07) is 7.27. The van der Waals surface area contributed by atoms with Crippen molar-refractivity contribution in [3.8, 4) is 5.75 Å².